The number of fused-ring (bicyclic) bond motifs is 1. The van der Waals surface area contributed by atoms with Gasteiger partial charge in [-0.15, -0.1) is 0 Å². The summed E-state index contributed by atoms with van der Waals surface area (Å²) in [7, 11) is 0. The molecule has 0 spiro atoms. The van der Waals surface area contributed by atoms with Crippen LogP contribution >= 0.6 is 0 Å². The summed E-state index contributed by atoms with van der Waals surface area (Å²) >= 11 is 0. The van der Waals surface area contributed by atoms with Gasteiger partial charge < -0.3 is 4.90 Å². The van der Waals surface area contributed by atoms with Gasteiger partial charge in [0.15, 0.2) is 0 Å². The summed E-state index contributed by atoms with van der Waals surface area (Å²) < 4.78 is 0. The Hall–Kier alpha value is -2.75. The van der Waals surface area contributed by atoms with Crippen molar-refractivity contribution in [3.8, 4) is 6.07 Å². The number of hydrogen-bond donors (Lipinski definition) is 0. The van der Waals surface area contributed by atoms with E-state index >= 15 is 0 Å². The normalized spacial score (nSPS) is 18.3. The molecule has 1 aromatic rings. The number of nitro groups is 1. The molecular weight excluding hydrogens is 274 g/mol. The summed E-state index contributed by atoms with van der Waals surface area (Å²) in [5.74, 6) is -1.39. The van der Waals surface area contributed by atoms with Gasteiger partial charge in [-0.2, -0.15) is 5.26 Å². The van der Waals surface area contributed by atoms with E-state index in [2.05, 4.69) is 6.07 Å². The topological polar surface area (TPSA) is 104 Å². The summed E-state index contributed by atoms with van der Waals surface area (Å²) in [6.07, 6.45) is 2.04. The predicted octanol–water partition coefficient (Wildman–Crippen LogP) is 1.82. The van der Waals surface area contributed by atoms with E-state index in [9.17, 15) is 19.7 Å². The van der Waals surface area contributed by atoms with E-state index in [1.165, 1.54) is 17.0 Å². The molecule has 0 unspecified atom stereocenters. The fourth-order valence-corrected chi connectivity index (χ4v) is 2.63. The number of carbonyl (C=O) groups excluding carboxylic acids is 2. The SMILES string of the molecule is N#CCC1(CN2C(=O)C(=O)c3cc([N+](=O)[O-])ccc32)CC1. The number of anilines is 1. The molecule has 0 bridgehead atoms. The molecule has 106 valence electrons. The number of nitrogens with zero attached hydrogens (tertiary/aromatic N) is 3. The van der Waals surface area contributed by atoms with Gasteiger partial charge in [-0.25, -0.2) is 0 Å². The molecule has 0 radical (unpaired) electrons. The van der Waals surface area contributed by atoms with Crippen molar-refractivity contribution in [2.45, 2.75) is 19.3 Å². The zero-order valence-electron chi connectivity index (χ0n) is 11.0. The van der Waals surface area contributed by atoms with Crippen LogP contribution in [0.3, 0.4) is 0 Å². The molecule has 0 saturated heterocycles. The molecule has 1 aliphatic heterocycles. The zero-order valence-corrected chi connectivity index (χ0v) is 11.0. The lowest BCUT2D eigenvalue weighted by atomic mass is 10.0. The molecule has 1 heterocycles. The van der Waals surface area contributed by atoms with Crippen molar-refractivity contribution in [2.24, 2.45) is 5.41 Å². The molecule has 7 heteroatoms. The van der Waals surface area contributed by atoms with Crippen LogP contribution in [0.5, 0.6) is 0 Å². The van der Waals surface area contributed by atoms with Crippen molar-refractivity contribution >= 4 is 23.1 Å². The second kappa shape index (κ2) is 4.38. The van der Waals surface area contributed by atoms with Crippen LogP contribution in [0.25, 0.3) is 0 Å². The van der Waals surface area contributed by atoms with Gasteiger partial charge in [-0.3, -0.25) is 19.7 Å². The molecular formula is C14H11N3O4. The average Bonchev–Trinajstić information content (AvgIpc) is 3.18. The molecule has 1 saturated carbocycles. The first-order valence-corrected chi connectivity index (χ1v) is 6.49. The smallest absolute Gasteiger partial charge is 0.299 e. The lowest BCUT2D eigenvalue weighted by molar-refractivity contribution is -0.384. The van der Waals surface area contributed by atoms with Crippen LogP contribution in [-0.4, -0.2) is 23.2 Å². The third-order valence-electron chi connectivity index (χ3n) is 4.07. The predicted molar refractivity (Wildman–Crippen MR) is 71.7 cm³/mol. The Kier molecular flexibility index (Phi) is 2.76. The molecule has 0 aromatic heterocycles. The second-order valence-corrected chi connectivity index (χ2v) is 5.51. The van der Waals surface area contributed by atoms with Gasteiger partial charge in [0.1, 0.15) is 0 Å². The standard InChI is InChI=1S/C14H11N3O4/c15-6-5-14(3-4-14)8-16-11-2-1-9(17(20)21)7-10(11)12(18)13(16)19/h1-2,7H,3-5,8H2. The monoisotopic (exact) mass is 285 g/mol. The highest BCUT2D eigenvalue weighted by molar-refractivity contribution is 6.52. The highest BCUT2D eigenvalue weighted by atomic mass is 16.6. The average molecular weight is 285 g/mol. The summed E-state index contributed by atoms with van der Waals surface area (Å²) in [5, 5.41) is 19.6. The lowest BCUT2D eigenvalue weighted by Gasteiger charge is -2.21. The molecule has 2 aliphatic rings. The molecule has 1 aromatic carbocycles. The summed E-state index contributed by atoms with van der Waals surface area (Å²) in [6, 6.07) is 5.95. The quantitative estimate of drug-likeness (QED) is 0.476. The first kappa shape index (κ1) is 13.2. The first-order valence-electron chi connectivity index (χ1n) is 6.49. The van der Waals surface area contributed by atoms with Crippen LogP contribution in [0.1, 0.15) is 29.6 Å². The van der Waals surface area contributed by atoms with E-state index in [1.54, 1.807) is 0 Å². The number of nitriles is 1. The maximum atomic E-state index is 12.1. The van der Waals surface area contributed by atoms with Crippen molar-refractivity contribution in [3.63, 3.8) is 0 Å². The van der Waals surface area contributed by atoms with E-state index in [0.717, 1.165) is 18.9 Å². The van der Waals surface area contributed by atoms with E-state index in [1.807, 2.05) is 0 Å². The molecule has 1 fully saturated rings. The highest BCUT2D eigenvalue weighted by Gasteiger charge is 2.48. The van der Waals surface area contributed by atoms with Crippen LogP contribution in [0.15, 0.2) is 18.2 Å². The van der Waals surface area contributed by atoms with Crippen LogP contribution in [-0.2, 0) is 4.79 Å². The van der Waals surface area contributed by atoms with Gasteiger partial charge in [0.2, 0.25) is 0 Å². The molecule has 3 rings (SSSR count). The minimum atomic E-state index is -0.721. The van der Waals surface area contributed by atoms with E-state index in [4.69, 9.17) is 5.26 Å². The summed E-state index contributed by atoms with van der Waals surface area (Å²) in [4.78, 5) is 35.6. The second-order valence-electron chi connectivity index (χ2n) is 5.51. The molecule has 1 amide bonds. The van der Waals surface area contributed by atoms with Crippen LogP contribution in [0.2, 0.25) is 0 Å². The number of rotatable bonds is 4. The van der Waals surface area contributed by atoms with E-state index < -0.39 is 16.6 Å². The van der Waals surface area contributed by atoms with Crippen molar-refractivity contribution in [3.05, 3.63) is 33.9 Å². The number of amides is 1. The Morgan fingerprint density at radius 2 is 2.10 bits per heavy atom. The summed E-state index contributed by atoms with van der Waals surface area (Å²) in [6.45, 7) is 0.315. The number of non-ortho nitro benzene ring substituents is 1. The van der Waals surface area contributed by atoms with Crippen molar-refractivity contribution in [1.82, 2.24) is 0 Å². The van der Waals surface area contributed by atoms with Crippen molar-refractivity contribution < 1.29 is 14.5 Å². The number of hydrogen-bond acceptors (Lipinski definition) is 5. The minimum absolute atomic E-state index is 0.0713. The Morgan fingerprint density at radius 3 is 2.67 bits per heavy atom. The van der Waals surface area contributed by atoms with Crippen molar-refractivity contribution in [2.75, 3.05) is 11.4 Å². The number of benzene rings is 1. The van der Waals surface area contributed by atoms with Gasteiger partial charge in [-0.05, 0) is 18.9 Å². The Morgan fingerprint density at radius 1 is 1.38 bits per heavy atom. The van der Waals surface area contributed by atoms with Gasteiger partial charge >= 0.3 is 0 Å². The van der Waals surface area contributed by atoms with Gasteiger partial charge in [0, 0.05) is 30.5 Å². The highest BCUT2D eigenvalue weighted by Crippen LogP contribution is 2.50. The van der Waals surface area contributed by atoms with Crippen molar-refractivity contribution in [1.29, 1.82) is 5.26 Å². The fraction of sp³-hybridized carbons (Fsp3) is 0.357. The minimum Gasteiger partial charge on any atom is -0.304 e. The van der Waals surface area contributed by atoms with Gasteiger partial charge in [0.05, 0.1) is 22.2 Å². The Labute approximate surface area is 119 Å². The fourth-order valence-electron chi connectivity index (χ4n) is 2.63. The number of Topliss-reactive ketones (excluding diaryl/α,β-unsaturated/α-hetero) is 1. The Balaban J connectivity index is 1.95. The number of nitro benzene ring substituents is 1. The van der Waals surface area contributed by atoms with Crippen LogP contribution < -0.4 is 4.90 Å². The maximum absolute atomic E-state index is 12.1. The Bertz CT molecular complexity index is 715. The van der Waals surface area contributed by atoms with Crippen LogP contribution in [0.4, 0.5) is 11.4 Å². The van der Waals surface area contributed by atoms with Gasteiger partial charge in [0.25, 0.3) is 17.4 Å². The lowest BCUT2D eigenvalue weighted by Crippen LogP contribution is -2.35. The largest absolute Gasteiger partial charge is 0.304 e. The molecule has 0 N–H and O–H groups in total. The first-order chi connectivity index (χ1) is 9.97. The third-order valence-corrected chi connectivity index (χ3v) is 4.07. The maximum Gasteiger partial charge on any atom is 0.299 e. The molecule has 0 atom stereocenters. The van der Waals surface area contributed by atoms with E-state index in [0.29, 0.717) is 18.7 Å². The molecule has 7 nitrogen and oxygen atoms in total. The zero-order chi connectivity index (χ0) is 15.2. The molecule has 21 heavy (non-hydrogen) atoms. The van der Waals surface area contributed by atoms with Gasteiger partial charge in [-0.1, -0.05) is 0 Å². The van der Waals surface area contributed by atoms with Crippen LogP contribution in [0, 0.1) is 26.9 Å². The van der Waals surface area contributed by atoms with E-state index in [-0.39, 0.29) is 16.7 Å². The number of carbonyl (C=O) groups is 2. The third kappa shape index (κ3) is 2.05. The molecule has 1 aliphatic carbocycles. The summed E-state index contributed by atoms with van der Waals surface area (Å²) in [5.41, 5.74) is 0.0327. The number of ketones is 1.